The average Bonchev–Trinajstić information content (AvgIpc) is 2.94. The van der Waals surface area contributed by atoms with Crippen LogP contribution >= 0.6 is 11.3 Å². The molecule has 0 spiro atoms. The summed E-state index contributed by atoms with van der Waals surface area (Å²) in [7, 11) is 1.93. The molecule has 4 nitrogen and oxygen atoms in total. The zero-order valence-electron chi connectivity index (χ0n) is 11.1. The van der Waals surface area contributed by atoms with E-state index in [4.69, 9.17) is 4.98 Å². The molecule has 0 saturated carbocycles. The Bertz CT molecular complexity index is 680. The van der Waals surface area contributed by atoms with Gasteiger partial charge >= 0.3 is 0 Å². The summed E-state index contributed by atoms with van der Waals surface area (Å²) < 4.78 is 0. The second-order valence-corrected chi connectivity index (χ2v) is 5.28. The van der Waals surface area contributed by atoms with Crippen molar-refractivity contribution in [2.24, 2.45) is 0 Å². The van der Waals surface area contributed by atoms with Gasteiger partial charge in [0.15, 0.2) is 0 Å². The lowest BCUT2D eigenvalue weighted by Gasteiger charge is -2.00. The standard InChI is InChI=1S/C15H14N4S/c1-16-9-13-14(11-5-3-2-4-6-11)20-15(19-13)12-7-8-17-10-18-12/h2-8,10,16H,9H2,1H3. The Morgan fingerprint density at radius 2 is 2.00 bits per heavy atom. The van der Waals surface area contributed by atoms with Crippen LogP contribution in [0.15, 0.2) is 48.9 Å². The van der Waals surface area contributed by atoms with Gasteiger partial charge < -0.3 is 5.32 Å². The third kappa shape index (κ3) is 2.59. The van der Waals surface area contributed by atoms with Crippen LogP contribution in [0.1, 0.15) is 5.69 Å². The van der Waals surface area contributed by atoms with E-state index in [1.54, 1.807) is 23.9 Å². The quantitative estimate of drug-likeness (QED) is 0.799. The second kappa shape index (κ2) is 5.90. The Morgan fingerprint density at radius 1 is 1.15 bits per heavy atom. The van der Waals surface area contributed by atoms with Crippen molar-refractivity contribution in [2.45, 2.75) is 6.54 Å². The zero-order valence-corrected chi connectivity index (χ0v) is 11.9. The molecule has 0 atom stereocenters. The molecule has 0 saturated heterocycles. The van der Waals surface area contributed by atoms with Gasteiger partial charge in [-0.25, -0.2) is 15.0 Å². The topological polar surface area (TPSA) is 50.7 Å². The first-order chi connectivity index (χ1) is 9.88. The Hall–Kier alpha value is -2.11. The van der Waals surface area contributed by atoms with E-state index in [2.05, 4.69) is 27.4 Å². The maximum atomic E-state index is 4.71. The van der Waals surface area contributed by atoms with Crippen LogP contribution in [-0.4, -0.2) is 22.0 Å². The number of hydrogen-bond acceptors (Lipinski definition) is 5. The smallest absolute Gasteiger partial charge is 0.142 e. The predicted molar refractivity (Wildman–Crippen MR) is 81.3 cm³/mol. The zero-order chi connectivity index (χ0) is 13.8. The lowest BCUT2D eigenvalue weighted by atomic mass is 10.1. The van der Waals surface area contributed by atoms with Gasteiger partial charge in [0.2, 0.25) is 0 Å². The monoisotopic (exact) mass is 282 g/mol. The van der Waals surface area contributed by atoms with E-state index in [1.807, 2.05) is 31.3 Å². The van der Waals surface area contributed by atoms with Gasteiger partial charge in [0.05, 0.1) is 10.6 Å². The first kappa shape index (κ1) is 12.9. The maximum absolute atomic E-state index is 4.71. The summed E-state index contributed by atoms with van der Waals surface area (Å²) in [6, 6.07) is 12.2. The van der Waals surface area contributed by atoms with Crippen molar-refractivity contribution in [1.82, 2.24) is 20.3 Å². The summed E-state index contributed by atoms with van der Waals surface area (Å²) in [5.41, 5.74) is 3.11. The van der Waals surface area contributed by atoms with Crippen LogP contribution in [0.2, 0.25) is 0 Å². The van der Waals surface area contributed by atoms with E-state index < -0.39 is 0 Å². The fourth-order valence-corrected chi connectivity index (χ4v) is 3.04. The van der Waals surface area contributed by atoms with Gasteiger partial charge in [-0.1, -0.05) is 30.3 Å². The first-order valence-corrected chi connectivity index (χ1v) is 7.16. The highest BCUT2D eigenvalue weighted by Crippen LogP contribution is 2.34. The molecule has 0 fully saturated rings. The lowest BCUT2D eigenvalue weighted by molar-refractivity contribution is 0.799. The van der Waals surface area contributed by atoms with Crippen molar-refractivity contribution >= 4 is 11.3 Å². The molecule has 0 amide bonds. The molecule has 3 rings (SSSR count). The minimum absolute atomic E-state index is 0.742. The molecule has 1 aromatic carbocycles. The number of hydrogen-bond donors (Lipinski definition) is 1. The minimum atomic E-state index is 0.742. The van der Waals surface area contributed by atoms with Crippen LogP contribution in [0.4, 0.5) is 0 Å². The van der Waals surface area contributed by atoms with Crippen molar-refractivity contribution in [3.05, 3.63) is 54.6 Å². The summed E-state index contributed by atoms with van der Waals surface area (Å²) in [5, 5.41) is 4.10. The first-order valence-electron chi connectivity index (χ1n) is 6.34. The average molecular weight is 282 g/mol. The fraction of sp³-hybridized carbons (Fsp3) is 0.133. The van der Waals surface area contributed by atoms with E-state index in [1.165, 1.54) is 10.4 Å². The fourth-order valence-electron chi connectivity index (χ4n) is 1.98. The molecule has 0 aliphatic heterocycles. The summed E-state index contributed by atoms with van der Waals surface area (Å²) in [6.45, 7) is 0.742. The molecule has 2 aromatic heterocycles. The van der Waals surface area contributed by atoms with E-state index in [0.717, 1.165) is 22.9 Å². The Morgan fingerprint density at radius 3 is 2.70 bits per heavy atom. The van der Waals surface area contributed by atoms with Gasteiger partial charge in [0.1, 0.15) is 17.0 Å². The molecule has 0 aliphatic carbocycles. The van der Waals surface area contributed by atoms with Crippen molar-refractivity contribution in [3.8, 4) is 21.1 Å². The SMILES string of the molecule is CNCc1nc(-c2ccncn2)sc1-c1ccccc1. The maximum Gasteiger partial charge on any atom is 0.142 e. The van der Waals surface area contributed by atoms with Crippen LogP contribution in [0.25, 0.3) is 21.1 Å². The third-order valence-electron chi connectivity index (χ3n) is 2.88. The Balaban J connectivity index is 2.08. The van der Waals surface area contributed by atoms with E-state index in [-0.39, 0.29) is 0 Å². The number of rotatable bonds is 4. The summed E-state index contributed by atoms with van der Waals surface area (Å²) in [5.74, 6) is 0. The number of thiazole rings is 1. The van der Waals surface area contributed by atoms with E-state index in [9.17, 15) is 0 Å². The predicted octanol–water partition coefficient (Wildman–Crippen LogP) is 2.99. The van der Waals surface area contributed by atoms with E-state index >= 15 is 0 Å². The number of nitrogens with zero attached hydrogens (tertiary/aromatic N) is 3. The summed E-state index contributed by atoms with van der Waals surface area (Å²) in [4.78, 5) is 14.1. The largest absolute Gasteiger partial charge is 0.314 e. The van der Waals surface area contributed by atoms with Crippen LogP contribution < -0.4 is 5.32 Å². The Kier molecular flexibility index (Phi) is 3.80. The molecule has 0 unspecified atom stereocenters. The third-order valence-corrected chi connectivity index (χ3v) is 4.05. The molecule has 100 valence electrons. The molecule has 0 bridgehead atoms. The number of benzene rings is 1. The molecular weight excluding hydrogens is 268 g/mol. The van der Waals surface area contributed by atoms with Crippen molar-refractivity contribution in [3.63, 3.8) is 0 Å². The highest BCUT2D eigenvalue weighted by molar-refractivity contribution is 7.18. The van der Waals surface area contributed by atoms with Gasteiger partial charge in [0.25, 0.3) is 0 Å². The van der Waals surface area contributed by atoms with Crippen LogP contribution in [0, 0.1) is 0 Å². The summed E-state index contributed by atoms with van der Waals surface area (Å²) in [6.07, 6.45) is 3.29. The van der Waals surface area contributed by atoms with Gasteiger partial charge in [-0.2, -0.15) is 0 Å². The van der Waals surface area contributed by atoms with Crippen LogP contribution in [0.5, 0.6) is 0 Å². The molecule has 20 heavy (non-hydrogen) atoms. The minimum Gasteiger partial charge on any atom is -0.314 e. The van der Waals surface area contributed by atoms with Gasteiger partial charge in [0, 0.05) is 12.7 Å². The summed E-state index contributed by atoms with van der Waals surface area (Å²) >= 11 is 1.66. The molecule has 3 aromatic rings. The Labute approximate surface area is 121 Å². The highest BCUT2D eigenvalue weighted by Gasteiger charge is 2.14. The molecule has 0 aliphatic rings. The molecule has 1 N–H and O–H groups in total. The van der Waals surface area contributed by atoms with Crippen LogP contribution in [-0.2, 0) is 6.54 Å². The van der Waals surface area contributed by atoms with Gasteiger partial charge in [-0.05, 0) is 18.7 Å². The van der Waals surface area contributed by atoms with Gasteiger partial charge in [-0.3, -0.25) is 0 Å². The second-order valence-electron chi connectivity index (χ2n) is 4.29. The molecule has 5 heteroatoms. The van der Waals surface area contributed by atoms with Gasteiger partial charge in [-0.15, -0.1) is 11.3 Å². The molecule has 2 heterocycles. The van der Waals surface area contributed by atoms with E-state index in [0.29, 0.717) is 0 Å². The van der Waals surface area contributed by atoms with Crippen LogP contribution in [0.3, 0.4) is 0 Å². The van der Waals surface area contributed by atoms with Crippen molar-refractivity contribution in [1.29, 1.82) is 0 Å². The normalized spacial score (nSPS) is 10.7. The highest BCUT2D eigenvalue weighted by atomic mass is 32.1. The van der Waals surface area contributed by atoms with Crippen molar-refractivity contribution in [2.75, 3.05) is 7.05 Å². The number of aromatic nitrogens is 3. The van der Waals surface area contributed by atoms with Crippen molar-refractivity contribution < 1.29 is 0 Å². The molecular formula is C15H14N4S. The molecule has 0 radical (unpaired) electrons. The number of nitrogens with one attached hydrogen (secondary N) is 1. The lowest BCUT2D eigenvalue weighted by Crippen LogP contribution is -2.06.